The molecular formula is C21H14N2O3. The van der Waals surface area contributed by atoms with E-state index in [2.05, 4.69) is 0 Å². The lowest BCUT2D eigenvalue weighted by Crippen LogP contribution is -2.06. The van der Waals surface area contributed by atoms with Crippen LogP contribution in [0.4, 0.5) is 5.69 Å². The number of hydrogen-bond donors (Lipinski definition) is 0. The van der Waals surface area contributed by atoms with Crippen molar-refractivity contribution in [2.45, 2.75) is 0 Å². The third-order valence-corrected chi connectivity index (χ3v) is 4.32. The summed E-state index contributed by atoms with van der Waals surface area (Å²) < 4.78 is 1.69. The van der Waals surface area contributed by atoms with Crippen molar-refractivity contribution in [1.29, 1.82) is 0 Å². The monoisotopic (exact) mass is 342 g/mol. The lowest BCUT2D eigenvalue weighted by atomic mass is 10.2. The minimum absolute atomic E-state index is 0.0240. The van der Waals surface area contributed by atoms with Crippen molar-refractivity contribution in [1.82, 2.24) is 4.57 Å². The zero-order chi connectivity index (χ0) is 18.1. The summed E-state index contributed by atoms with van der Waals surface area (Å²) in [6.45, 7) is 0. The number of nitrogens with zero attached hydrogens (tertiary/aromatic N) is 2. The molecule has 1 aromatic heterocycles. The molecule has 0 bridgehead atoms. The molecule has 0 aliphatic heterocycles. The van der Waals surface area contributed by atoms with Crippen LogP contribution in [0.25, 0.3) is 27.9 Å². The predicted octanol–water partition coefficient (Wildman–Crippen LogP) is 5.06. The molecule has 0 aliphatic rings. The average Bonchev–Trinajstić information content (AvgIpc) is 3.01. The van der Waals surface area contributed by atoms with E-state index in [9.17, 15) is 14.9 Å². The Kier molecular flexibility index (Phi) is 3.82. The smallest absolute Gasteiger partial charge is 0.269 e. The highest BCUT2D eigenvalue weighted by atomic mass is 16.6. The molecule has 0 fully saturated rings. The van der Waals surface area contributed by atoms with Gasteiger partial charge in [-0.25, -0.2) is 0 Å². The molecule has 5 nitrogen and oxygen atoms in total. The van der Waals surface area contributed by atoms with E-state index in [0.717, 1.165) is 27.4 Å². The summed E-state index contributed by atoms with van der Waals surface area (Å²) in [6, 6.07) is 21.7. The SMILES string of the molecule is O=C(/C=C/c1ccc([N+](=O)[O-])cc1)n1c2ccccc2c2ccccc21. The van der Waals surface area contributed by atoms with Crippen molar-refractivity contribution in [2.24, 2.45) is 0 Å². The predicted molar refractivity (Wildman–Crippen MR) is 102 cm³/mol. The second kappa shape index (κ2) is 6.29. The van der Waals surface area contributed by atoms with Crippen LogP contribution in [-0.4, -0.2) is 15.4 Å². The summed E-state index contributed by atoms with van der Waals surface area (Å²) in [5.74, 6) is -0.166. The number of allylic oxidation sites excluding steroid dienone is 1. The zero-order valence-electron chi connectivity index (χ0n) is 13.7. The van der Waals surface area contributed by atoms with E-state index in [0.29, 0.717) is 0 Å². The molecule has 0 aliphatic carbocycles. The molecular weight excluding hydrogens is 328 g/mol. The third kappa shape index (κ3) is 2.65. The van der Waals surface area contributed by atoms with E-state index < -0.39 is 4.92 Å². The van der Waals surface area contributed by atoms with Gasteiger partial charge in [0.05, 0.1) is 16.0 Å². The molecule has 3 aromatic carbocycles. The van der Waals surface area contributed by atoms with E-state index in [4.69, 9.17) is 0 Å². The number of aromatic nitrogens is 1. The van der Waals surface area contributed by atoms with Gasteiger partial charge in [-0.3, -0.25) is 19.5 Å². The van der Waals surface area contributed by atoms with Gasteiger partial charge >= 0.3 is 0 Å². The first kappa shape index (κ1) is 15.8. The Bertz CT molecular complexity index is 1120. The van der Waals surface area contributed by atoms with E-state index in [1.807, 2.05) is 48.5 Å². The molecule has 26 heavy (non-hydrogen) atoms. The number of carbonyl (C=O) groups excluding carboxylic acids is 1. The molecule has 0 radical (unpaired) electrons. The minimum Gasteiger partial charge on any atom is -0.276 e. The average molecular weight is 342 g/mol. The Morgan fingerprint density at radius 1 is 0.846 bits per heavy atom. The second-order valence-corrected chi connectivity index (χ2v) is 5.89. The maximum atomic E-state index is 12.9. The van der Waals surface area contributed by atoms with Crippen LogP contribution in [0.5, 0.6) is 0 Å². The first-order chi connectivity index (χ1) is 12.6. The molecule has 0 spiro atoms. The van der Waals surface area contributed by atoms with Crippen LogP contribution in [0.1, 0.15) is 10.4 Å². The van der Waals surface area contributed by atoms with Crippen LogP contribution >= 0.6 is 0 Å². The Balaban J connectivity index is 1.75. The van der Waals surface area contributed by atoms with E-state index in [1.165, 1.54) is 18.2 Å². The van der Waals surface area contributed by atoms with Crippen LogP contribution in [0.15, 0.2) is 78.9 Å². The van der Waals surface area contributed by atoms with Crippen molar-refractivity contribution >= 4 is 39.5 Å². The number of carbonyl (C=O) groups is 1. The molecule has 5 heteroatoms. The summed E-state index contributed by atoms with van der Waals surface area (Å²) in [4.78, 5) is 23.1. The first-order valence-corrected chi connectivity index (χ1v) is 8.10. The maximum absolute atomic E-state index is 12.9. The van der Waals surface area contributed by atoms with Gasteiger partial charge < -0.3 is 0 Å². The Labute approximate surface area is 148 Å². The number of nitro benzene ring substituents is 1. The molecule has 0 N–H and O–H groups in total. The van der Waals surface area contributed by atoms with Crippen LogP contribution < -0.4 is 0 Å². The highest BCUT2D eigenvalue weighted by Gasteiger charge is 2.13. The summed E-state index contributed by atoms with van der Waals surface area (Å²) in [5, 5.41) is 12.8. The number of fused-ring (bicyclic) bond motifs is 3. The van der Waals surface area contributed by atoms with Gasteiger partial charge in [-0.15, -0.1) is 0 Å². The molecule has 0 atom stereocenters. The van der Waals surface area contributed by atoms with Gasteiger partial charge in [-0.2, -0.15) is 0 Å². The number of hydrogen-bond acceptors (Lipinski definition) is 3. The highest BCUT2D eigenvalue weighted by Crippen LogP contribution is 2.28. The van der Waals surface area contributed by atoms with Gasteiger partial charge in [-0.1, -0.05) is 36.4 Å². The number of non-ortho nitro benzene ring substituents is 1. The second-order valence-electron chi connectivity index (χ2n) is 5.89. The lowest BCUT2D eigenvalue weighted by Gasteiger charge is -2.02. The molecule has 0 saturated carbocycles. The van der Waals surface area contributed by atoms with Crippen molar-refractivity contribution in [3.05, 3.63) is 94.6 Å². The van der Waals surface area contributed by atoms with Crippen LogP contribution in [0, 0.1) is 10.1 Å². The van der Waals surface area contributed by atoms with Crippen LogP contribution in [-0.2, 0) is 0 Å². The van der Waals surface area contributed by atoms with E-state index in [-0.39, 0.29) is 11.6 Å². The third-order valence-electron chi connectivity index (χ3n) is 4.32. The summed E-state index contributed by atoms with van der Waals surface area (Å²) in [7, 11) is 0. The number of benzene rings is 3. The standard InChI is InChI=1S/C21H14N2O3/c24-21(14-11-15-9-12-16(13-10-15)23(25)26)22-19-7-3-1-5-17(19)18-6-2-4-8-20(18)22/h1-14H/b14-11+. The summed E-state index contributed by atoms with van der Waals surface area (Å²) in [5.41, 5.74) is 2.46. The van der Waals surface area contributed by atoms with Gasteiger partial charge in [0, 0.05) is 29.0 Å². The Morgan fingerprint density at radius 2 is 1.38 bits per heavy atom. The fourth-order valence-corrected chi connectivity index (χ4v) is 3.11. The fourth-order valence-electron chi connectivity index (χ4n) is 3.11. The lowest BCUT2D eigenvalue weighted by molar-refractivity contribution is -0.384. The van der Waals surface area contributed by atoms with Crippen molar-refractivity contribution < 1.29 is 9.72 Å². The number of para-hydroxylation sites is 2. The topological polar surface area (TPSA) is 65.1 Å². The molecule has 0 amide bonds. The van der Waals surface area contributed by atoms with Crippen molar-refractivity contribution in [2.75, 3.05) is 0 Å². The van der Waals surface area contributed by atoms with Crippen LogP contribution in [0.3, 0.4) is 0 Å². The molecule has 126 valence electrons. The molecule has 4 rings (SSSR count). The van der Waals surface area contributed by atoms with E-state index in [1.54, 1.807) is 22.8 Å². The highest BCUT2D eigenvalue weighted by molar-refractivity contribution is 6.15. The molecule has 4 aromatic rings. The normalized spacial score (nSPS) is 11.4. The maximum Gasteiger partial charge on any atom is 0.269 e. The van der Waals surface area contributed by atoms with Crippen LogP contribution in [0.2, 0.25) is 0 Å². The van der Waals surface area contributed by atoms with Gasteiger partial charge in [-0.05, 0) is 35.9 Å². The van der Waals surface area contributed by atoms with Gasteiger partial charge in [0.1, 0.15) is 0 Å². The van der Waals surface area contributed by atoms with Gasteiger partial charge in [0.15, 0.2) is 0 Å². The Morgan fingerprint density at radius 3 is 1.92 bits per heavy atom. The van der Waals surface area contributed by atoms with Gasteiger partial charge in [0.2, 0.25) is 0 Å². The largest absolute Gasteiger partial charge is 0.276 e. The Hall–Kier alpha value is -3.73. The fraction of sp³-hybridized carbons (Fsp3) is 0. The minimum atomic E-state index is -0.448. The summed E-state index contributed by atoms with van der Waals surface area (Å²) >= 11 is 0. The quantitative estimate of drug-likeness (QED) is 0.297. The summed E-state index contributed by atoms with van der Waals surface area (Å²) in [6.07, 6.45) is 3.15. The van der Waals surface area contributed by atoms with Gasteiger partial charge in [0.25, 0.3) is 11.6 Å². The number of rotatable bonds is 3. The molecule has 0 saturated heterocycles. The van der Waals surface area contributed by atoms with E-state index >= 15 is 0 Å². The first-order valence-electron chi connectivity index (χ1n) is 8.10. The molecule has 0 unspecified atom stereocenters. The molecule has 1 heterocycles. The number of nitro groups is 1. The zero-order valence-corrected chi connectivity index (χ0v) is 13.7. The van der Waals surface area contributed by atoms with Crippen molar-refractivity contribution in [3.8, 4) is 0 Å². The van der Waals surface area contributed by atoms with Crippen molar-refractivity contribution in [3.63, 3.8) is 0 Å².